The molecule has 1 aliphatic carbocycles. The number of carbonyl (C=O) groups excluding carboxylic acids is 1. The zero-order valence-corrected chi connectivity index (χ0v) is 16.6. The van der Waals surface area contributed by atoms with E-state index in [1.165, 1.54) is 19.2 Å². The van der Waals surface area contributed by atoms with Gasteiger partial charge in [0, 0.05) is 12.6 Å². The quantitative estimate of drug-likeness (QED) is 0.637. The molecule has 2 aromatic carbocycles. The summed E-state index contributed by atoms with van der Waals surface area (Å²) in [7, 11) is 3.06. The van der Waals surface area contributed by atoms with Crippen molar-refractivity contribution >= 4 is 11.9 Å². The predicted molar refractivity (Wildman–Crippen MR) is 107 cm³/mol. The van der Waals surface area contributed by atoms with Crippen LogP contribution in [0.15, 0.2) is 36.4 Å². The molecule has 0 radical (unpaired) electrons. The van der Waals surface area contributed by atoms with Crippen LogP contribution in [0.3, 0.4) is 0 Å². The Bertz CT molecular complexity index is 891. The van der Waals surface area contributed by atoms with Crippen LogP contribution in [-0.2, 0) is 6.42 Å². The average Bonchev–Trinajstić information content (AvgIpc) is 3.56. The molecule has 7 nitrogen and oxygen atoms in total. The van der Waals surface area contributed by atoms with E-state index in [0.29, 0.717) is 48.3 Å². The number of nitrogens with one attached hydrogen (secondary N) is 1. The summed E-state index contributed by atoms with van der Waals surface area (Å²) >= 11 is 0. The number of methoxy groups -OCH3 is 2. The second-order valence-corrected chi connectivity index (χ2v) is 6.95. The molecule has 154 valence electrons. The van der Waals surface area contributed by atoms with Crippen LogP contribution in [0.2, 0.25) is 0 Å². The van der Waals surface area contributed by atoms with Gasteiger partial charge in [0.2, 0.25) is 0 Å². The predicted octanol–water partition coefficient (Wildman–Crippen LogP) is 3.16. The number of carboxylic acids is 1. The summed E-state index contributed by atoms with van der Waals surface area (Å²) in [6.07, 6.45) is 2.82. The summed E-state index contributed by atoms with van der Waals surface area (Å²) in [6.45, 7) is 0.969. The van der Waals surface area contributed by atoms with Crippen molar-refractivity contribution in [1.29, 1.82) is 0 Å². The third-order valence-corrected chi connectivity index (χ3v) is 4.82. The molecule has 0 aromatic heterocycles. The molecule has 0 bridgehead atoms. The normalized spacial score (nSPS) is 12.9. The Labute approximate surface area is 169 Å². The number of amides is 1. The summed E-state index contributed by atoms with van der Waals surface area (Å²) in [6, 6.07) is 9.85. The van der Waals surface area contributed by atoms with E-state index in [4.69, 9.17) is 19.3 Å². The van der Waals surface area contributed by atoms with Crippen molar-refractivity contribution in [2.75, 3.05) is 27.4 Å². The van der Waals surface area contributed by atoms with Crippen molar-refractivity contribution in [3.63, 3.8) is 0 Å². The fourth-order valence-electron chi connectivity index (χ4n) is 2.92. The number of benzene rings is 2. The van der Waals surface area contributed by atoms with E-state index in [1.54, 1.807) is 31.4 Å². The highest BCUT2D eigenvalue weighted by Gasteiger charge is 2.23. The van der Waals surface area contributed by atoms with Crippen LogP contribution < -0.4 is 19.5 Å². The molecular formula is C22H25NO6. The Balaban J connectivity index is 1.64. The van der Waals surface area contributed by atoms with Gasteiger partial charge in [-0.2, -0.15) is 0 Å². The molecule has 1 saturated carbocycles. The first-order chi connectivity index (χ1) is 14.0. The number of hydrogen-bond acceptors (Lipinski definition) is 5. The first kappa shape index (κ1) is 20.5. The van der Waals surface area contributed by atoms with Gasteiger partial charge in [-0.1, -0.05) is 6.07 Å². The maximum atomic E-state index is 12.7. The lowest BCUT2D eigenvalue weighted by atomic mass is 10.1. The molecular weight excluding hydrogens is 374 g/mol. The number of carbonyl (C=O) groups is 2. The molecule has 1 amide bonds. The van der Waals surface area contributed by atoms with Gasteiger partial charge in [0.1, 0.15) is 17.2 Å². The highest BCUT2D eigenvalue weighted by Crippen LogP contribution is 2.31. The summed E-state index contributed by atoms with van der Waals surface area (Å²) in [5.74, 6) is 0.948. The number of aromatic carboxylic acids is 1. The van der Waals surface area contributed by atoms with E-state index in [2.05, 4.69) is 5.32 Å². The van der Waals surface area contributed by atoms with Gasteiger partial charge in [-0.3, -0.25) is 4.79 Å². The lowest BCUT2D eigenvalue weighted by Crippen LogP contribution is -2.26. The summed E-state index contributed by atoms with van der Waals surface area (Å²) in [5.41, 5.74) is 1.43. The van der Waals surface area contributed by atoms with Crippen LogP contribution in [0.4, 0.5) is 0 Å². The van der Waals surface area contributed by atoms with Crippen molar-refractivity contribution in [2.45, 2.75) is 19.3 Å². The molecule has 1 aliphatic rings. The van der Waals surface area contributed by atoms with Crippen LogP contribution in [0.1, 0.15) is 39.1 Å². The molecule has 0 heterocycles. The van der Waals surface area contributed by atoms with Crippen molar-refractivity contribution < 1.29 is 28.9 Å². The minimum atomic E-state index is -1.01. The number of carboxylic acid groups (broad SMARTS) is 1. The Hall–Kier alpha value is -3.22. The van der Waals surface area contributed by atoms with E-state index >= 15 is 0 Å². The molecule has 1 fully saturated rings. The summed E-state index contributed by atoms with van der Waals surface area (Å²) in [5, 5.41) is 12.0. The summed E-state index contributed by atoms with van der Waals surface area (Å²) < 4.78 is 16.4. The Morgan fingerprint density at radius 1 is 1.07 bits per heavy atom. The maximum Gasteiger partial charge on any atom is 0.335 e. The van der Waals surface area contributed by atoms with Crippen LogP contribution in [-0.4, -0.2) is 44.4 Å². The molecule has 29 heavy (non-hydrogen) atoms. The van der Waals surface area contributed by atoms with Gasteiger partial charge in [0.15, 0.2) is 0 Å². The molecule has 0 spiro atoms. The Morgan fingerprint density at radius 2 is 1.86 bits per heavy atom. The SMILES string of the molecule is COc1ccc(C(=O)NCCc2ccc(C(=O)O)cc2OC)c(OCC2CC2)c1. The van der Waals surface area contributed by atoms with Gasteiger partial charge in [0.05, 0.1) is 32.0 Å². The standard InChI is InChI=1S/C22H25NO6/c1-27-17-7-8-18(20(12-17)29-13-14-3-4-14)21(24)23-10-9-15-5-6-16(22(25)26)11-19(15)28-2/h5-8,11-12,14H,3-4,9-10,13H2,1-2H3,(H,23,24)(H,25,26). The third-order valence-electron chi connectivity index (χ3n) is 4.82. The smallest absolute Gasteiger partial charge is 0.335 e. The van der Waals surface area contributed by atoms with Gasteiger partial charge < -0.3 is 24.6 Å². The van der Waals surface area contributed by atoms with Crippen molar-refractivity contribution in [3.8, 4) is 17.2 Å². The van der Waals surface area contributed by atoms with Gasteiger partial charge >= 0.3 is 5.97 Å². The Morgan fingerprint density at radius 3 is 2.52 bits per heavy atom. The average molecular weight is 399 g/mol. The summed E-state index contributed by atoms with van der Waals surface area (Å²) in [4.78, 5) is 23.8. The highest BCUT2D eigenvalue weighted by molar-refractivity contribution is 5.97. The molecule has 7 heteroatoms. The van der Waals surface area contributed by atoms with Crippen LogP contribution in [0.5, 0.6) is 17.2 Å². The minimum absolute atomic E-state index is 0.158. The molecule has 3 rings (SSSR count). The van der Waals surface area contributed by atoms with E-state index in [1.807, 2.05) is 0 Å². The lowest BCUT2D eigenvalue weighted by molar-refractivity contribution is 0.0696. The molecule has 0 aliphatic heterocycles. The van der Waals surface area contributed by atoms with Gasteiger partial charge in [-0.05, 0) is 55.0 Å². The lowest BCUT2D eigenvalue weighted by Gasteiger charge is -2.14. The molecule has 2 aromatic rings. The van der Waals surface area contributed by atoms with Gasteiger partial charge in [-0.25, -0.2) is 4.79 Å². The molecule has 0 atom stereocenters. The zero-order chi connectivity index (χ0) is 20.8. The van der Waals surface area contributed by atoms with E-state index in [9.17, 15) is 9.59 Å². The van der Waals surface area contributed by atoms with Gasteiger partial charge in [0.25, 0.3) is 5.91 Å². The molecule has 0 saturated heterocycles. The van der Waals surface area contributed by atoms with Crippen molar-refractivity contribution in [2.24, 2.45) is 5.92 Å². The molecule has 2 N–H and O–H groups in total. The fraction of sp³-hybridized carbons (Fsp3) is 0.364. The highest BCUT2D eigenvalue weighted by atomic mass is 16.5. The monoisotopic (exact) mass is 399 g/mol. The molecule has 0 unspecified atom stereocenters. The Kier molecular flexibility index (Phi) is 6.59. The topological polar surface area (TPSA) is 94.1 Å². The van der Waals surface area contributed by atoms with E-state index in [0.717, 1.165) is 18.4 Å². The number of rotatable bonds is 10. The van der Waals surface area contributed by atoms with E-state index in [-0.39, 0.29) is 11.5 Å². The van der Waals surface area contributed by atoms with E-state index < -0.39 is 5.97 Å². The second-order valence-electron chi connectivity index (χ2n) is 6.95. The van der Waals surface area contributed by atoms with Crippen LogP contribution in [0, 0.1) is 5.92 Å². The maximum absolute atomic E-state index is 12.7. The second kappa shape index (κ2) is 9.32. The third kappa shape index (κ3) is 5.40. The largest absolute Gasteiger partial charge is 0.497 e. The fourth-order valence-corrected chi connectivity index (χ4v) is 2.92. The minimum Gasteiger partial charge on any atom is -0.497 e. The van der Waals surface area contributed by atoms with Crippen LogP contribution >= 0.6 is 0 Å². The first-order valence-corrected chi connectivity index (χ1v) is 9.51. The van der Waals surface area contributed by atoms with Gasteiger partial charge in [-0.15, -0.1) is 0 Å². The van der Waals surface area contributed by atoms with Crippen molar-refractivity contribution in [1.82, 2.24) is 5.32 Å². The number of ether oxygens (including phenoxy) is 3. The van der Waals surface area contributed by atoms with Crippen molar-refractivity contribution in [3.05, 3.63) is 53.1 Å². The van der Waals surface area contributed by atoms with Crippen LogP contribution in [0.25, 0.3) is 0 Å². The number of hydrogen-bond donors (Lipinski definition) is 2. The first-order valence-electron chi connectivity index (χ1n) is 9.51. The zero-order valence-electron chi connectivity index (χ0n) is 16.6.